The van der Waals surface area contributed by atoms with Gasteiger partial charge < -0.3 is 15.4 Å². The summed E-state index contributed by atoms with van der Waals surface area (Å²) >= 11 is 11.7. The van der Waals surface area contributed by atoms with Gasteiger partial charge in [0.05, 0.1) is 16.2 Å². The molecule has 1 amide bonds. The van der Waals surface area contributed by atoms with Crippen molar-refractivity contribution in [1.82, 2.24) is 10.6 Å². The summed E-state index contributed by atoms with van der Waals surface area (Å²) in [7, 11) is 0. The molecule has 2 N–H and O–H groups in total. The van der Waals surface area contributed by atoms with E-state index in [1.807, 2.05) is 0 Å². The number of hydrogen-bond acceptors (Lipinski definition) is 3. The molecule has 0 aliphatic carbocycles. The number of alkyl carbamates (subject to hydrolysis) is 1. The van der Waals surface area contributed by atoms with Gasteiger partial charge in [0.2, 0.25) is 0 Å². The Hall–Kier alpha value is -0.870. The number of hydrogen-bond donors (Lipinski definition) is 2. The fourth-order valence-corrected chi connectivity index (χ4v) is 1.53. The summed E-state index contributed by atoms with van der Waals surface area (Å²) in [4.78, 5) is 11.3. The van der Waals surface area contributed by atoms with E-state index in [0.717, 1.165) is 0 Å². The standard InChI is InChI=1S/C9H12Cl2N2O2/c1-5(2)15-9(14)13-8-6(10)3-12-4-7(8)11/h3-5,8,12H,1-2H3,(H,13,14). The molecule has 15 heavy (non-hydrogen) atoms. The molecule has 0 fully saturated rings. The van der Waals surface area contributed by atoms with Crippen LogP contribution in [0.4, 0.5) is 4.79 Å². The molecule has 0 aromatic rings. The SMILES string of the molecule is CC(C)OC(=O)NC1C(Cl)=CNC=C1Cl. The molecule has 0 aromatic heterocycles. The van der Waals surface area contributed by atoms with Crippen LogP contribution in [0.15, 0.2) is 22.5 Å². The Balaban J connectivity index is 2.56. The van der Waals surface area contributed by atoms with Gasteiger partial charge in [-0.2, -0.15) is 0 Å². The van der Waals surface area contributed by atoms with E-state index in [1.165, 1.54) is 0 Å². The number of dihydropyridines is 1. The Morgan fingerprint density at radius 2 is 2.00 bits per heavy atom. The summed E-state index contributed by atoms with van der Waals surface area (Å²) in [5.74, 6) is 0. The predicted molar refractivity (Wildman–Crippen MR) is 59.5 cm³/mol. The molecule has 0 bridgehead atoms. The molecule has 0 saturated carbocycles. The minimum absolute atomic E-state index is 0.183. The molecule has 0 atom stereocenters. The molecule has 84 valence electrons. The Kier molecular flexibility index (Phi) is 4.29. The first-order valence-electron chi connectivity index (χ1n) is 4.45. The Labute approximate surface area is 98.3 Å². The van der Waals surface area contributed by atoms with Crippen molar-refractivity contribution in [3.05, 3.63) is 22.5 Å². The quantitative estimate of drug-likeness (QED) is 0.791. The molecule has 1 aliphatic heterocycles. The van der Waals surface area contributed by atoms with Crippen LogP contribution in [0.5, 0.6) is 0 Å². The molecule has 0 unspecified atom stereocenters. The lowest BCUT2D eigenvalue weighted by atomic mass is 10.2. The van der Waals surface area contributed by atoms with E-state index in [1.54, 1.807) is 26.2 Å². The van der Waals surface area contributed by atoms with Gasteiger partial charge in [-0.3, -0.25) is 0 Å². The third-order valence-corrected chi connectivity index (χ3v) is 2.25. The maximum absolute atomic E-state index is 11.3. The number of carbonyl (C=O) groups excluding carboxylic acids is 1. The van der Waals surface area contributed by atoms with Crippen molar-refractivity contribution in [2.75, 3.05) is 0 Å². The molecule has 1 rings (SSSR count). The van der Waals surface area contributed by atoms with Gasteiger partial charge >= 0.3 is 6.09 Å². The smallest absolute Gasteiger partial charge is 0.408 e. The van der Waals surface area contributed by atoms with Crippen LogP contribution in [0.1, 0.15) is 13.8 Å². The fraction of sp³-hybridized carbons (Fsp3) is 0.444. The minimum Gasteiger partial charge on any atom is -0.447 e. The Bertz CT molecular complexity index is 295. The molecule has 4 nitrogen and oxygen atoms in total. The number of nitrogens with one attached hydrogen (secondary N) is 2. The van der Waals surface area contributed by atoms with Crippen molar-refractivity contribution in [2.45, 2.75) is 26.0 Å². The Morgan fingerprint density at radius 1 is 1.47 bits per heavy atom. The number of rotatable bonds is 2. The highest BCUT2D eigenvalue weighted by atomic mass is 35.5. The lowest BCUT2D eigenvalue weighted by molar-refractivity contribution is 0.114. The van der Waals surface area contributed by atoms with Gasteiger partial charge in [-0.25, -0.2) is 4.79 Å². The zero-order chi connectivity index (χ0) is 11.4. The highest BCUT2D eigenvalue weighted by Crippen LogP contribution is 2.21. The van der Waals surface area contributed by atoms with Crippen molar-refractivity contribution >= 4 is 29.3 Å². The van der Waals surface area contributed by atoms with E-state index in [2.05, 4.69) is 10.6 Å². The molecule has 0 radical (unpaired) electrons. The summed E-state index contributed by atoms with van der Waals surface area (Å²) in [6, 6.07) is -0.527. The Morgan fingerprint density at radius 3 is 2.47 bits per heavy atom. The average molecular weight is 251 g/mol. The van der Waals surface area contributed by atoms with Gasteiger partial charge in [-0.15, -0.1) is 0 Å². The van der Waals surface area contributed by atoms with Crippen molar-refractivity contribution < 1.29 is 9.53 Å². The van der Waals surface area contributed by atoms with Crippen LogP contribution in [-0.2, 0) is 4.74 Å². The van der Waals surface area contributed by atoms with Gasteiger partial charge in [0.25, 0.3) is 0 Å². The van der Waals surface area contributed by atoms with E-state index in [4.69, 9.17) is 27.9 Å². The van der Waals surface area contributed by atoms with E-state index in [-0.39, 0.29) is 6.10 Å². The molecular weight excluding hydrogens is 239 g/mol. The topological polar surface area (TPSA) is 50.4 Å². The van der Waals surface area contributed by atoms with Crippen molar-refractivity contribution in [3.8, 4) is 0 Å². The third-order valence-electron chi connectivity index (χ3n) is 1.60. The predicted octanol–water partition coefficient (Wildman–Crippen LogP) is 2.25. The van der Waals surface area contributed by atoms with Crippen LogP contribution >= 0.6 is 23.2 Å². The van der Waals surface area contributed by atoms with Crippen LogP contribution in [0, 0.1) is 0 Å². The molecule has 0 spiro atoms. The first kappa shape index (κ1) is 12.2. The number of carbonyl (C=O) groups is 1. The highest BCUT2D eigenvalue weighted by Gasteiger charge is 2.22. The second-order valence-corrected chi connectivity index (χ2v) is 4.13. The van der Waals surface area contributed by atoms with Gasteiger partial charge in [-0.05, 0) is 13.8 Å². The van der Waals surface area contributed by atoms with Crippen LogP contribution in [-0.4, -0.2) is 18.2 Å². The lowest BCUT2D eigenvalue weighted by Crippen LogP contribution is -2.38. The molecule has 1 aliphatic rings. The van der Waals surface area contributed by atoms with Crippen molar-refractivity contribution in [2.24, 2.45) is 0 Å². The minimum atomic E-state index is -0.546. The summed E-state index contributed by atoms with van der Waals surface area (Å²) < 4.78 is 4.91. The second-order valence-electron chi connectivity index (χ2n) is 3.26. The van der Waals surface area contributed by atoms with E-state index < -0.39 is 12.1 Å². The molecule has 6 heteroatoms. The molecule has 0 saturated heterocycles. The maximum Gasteiger partial charge on any atom is 0.408 e. The van der Waals surface area contributed by atoms with E-state index in [0.29, 0.717) is 10.1 Å². The number of ether oxygens (including phenoxy) is 1. The van der Waals surface area contributed by atoms with Gasteiger partial charge in [0.15, 0.2) is 0 Å². The first-order valence-corrected chi connectivity index (χ1v) is 5.20. The average Bonchev–Trinajstić information content (AvgIpc) is 2.10. The van der Waals surface area contributed by atoms with Gasteiger partial charge in [0, 0.05) is 12.4 Å². The largest absolute Gasteiger partial charge is 0.447 e. The third kappa shape index (κ3) is 3.64. The van der Waals surface area contributed by atoms with Crippen LogP contribution in [0.3, 0.4) is 0 Å². The zero-order valence-corrected chi connectivity index (χ0v) is 9.89. The summed E-state index contributed by atoms with van der Waals surface area (Å²) in [6.45, 7) is 3.52. The maximum atomic E-state index is 11.3. The second kappa shape index (κ2) is 5.28. The van der Waals surface area contributed by atoms with Gasteiger partial charge in [-0.1, -0.05) is 23.2 Å². The summed E-state index contributed by atoms with van der Waals surface area (Å²) in [5, 5.41) is 6.11. The van der Waals surface area contributed by atoms with Crippen LogP contribution in [0.25, 0.3) is 0 Å². The fourth-order valence-electron chi connectivity index (χ4n) is 1.00. The molecule has 1 heterocycles. The van der Waals surface area contributed by atoms with E-state index >= 15 is 0 Å². The van der Waals surface area contributed by atoms with Crippen molar-refractivity contribution in [3.63, 3.8) is 0 Å². The zero-order valence-electron chi connectivity index (χ0n) is 8.38. The summed E-state index contributed by atoms with van der Waals surface area (Å²) in [5.41, 5.74) is 0. The highest BCUT2D eigenvalue weighted by molar-refractivity contribution is 6.35. The molecular formula is C9H12Cl2N2O2. The normalized spacial score (nSPS) is 16.6. The molecule has 0 aromatic carbocycles. The first-order chi connectivity index (χ1) is 7.00. The van der Waals surface area contributed by atoms with Crippen LogP contribution in [0.2, 0.25) is 0 Å². The van der Waals surface area contributed by atoms with E-state index in [9.17, 15) is 4.79 Å². The van der Waals surface area contributed by atoms with Crippen LogP contribution < -0.4 is 10.6 Å². The number of halogens is 2. The number of amides is 1. The van der Waals surface area contributed by atoms with Gasteiger partial charge in [0.1, 0.15) is 6.04 Å². The lowest BCUT2D eigenvalue weighted by Gasteiger charge is -2.21. The van der Waals surface area contributed by atoms with Crippen molar-refractivity contribution in [1.29, 1.82) is 0 Å². The summed E-state index contributed by atoms with van der Waals surface area (Å²) in [6.07, 6.45) is 2.37. The monoisotopic (exact) mass is 250 g/mol.